The molecule has 0 aliphatic rings. The van der Waals surface area contributed by atoms with Crippen molar-refractivity contribution in [2.24, 2.45) is 4.99 Å². The third-order valence-electron chi connectivity index (χ3n) is 2.54. The molecule has 2 aromatic rings. The number of hydrogen-bond acceptors (Lipinski definition) is 5. The van der Waals surface area contributed by atoms with Crippen LogP contribution in [0, 0.1) is 10.1 Å². The summed E-state index contributed by atoms with van der Waals surface area (Å²) in [6, 6.07) is 6.42. The first-order chi connectivity index (χ1) is 9.88. The molecular weight excluding hydrogens is 319 g/mol. The van der Waals surface area contributed by atoms with Crippen molar-refractivity contribution in [3.63, 3.8) is 0 Å². The molecule has 0 saturated heterocycles. The molecule has 0 spiro atoms. The minimum absolute atomic E-state index is 0.0399. The van der Waals surface area contributed by atoms with Crippen molar-refractivity contribution in [3.8, 4) is 11.5 Å². The van der Waals surface area contributed by atoms with Crippen molar-refractivity contribution in [2.45, 2.75) is 0 Å². The van der Waals surface area contributed by atoms with Crippen LogP contribution >= 0.6 is 23.2 Å². The number of aliphatic imine (C=N–C) groups is 1. The van der Waals surface area contributed by atoms with Crippen LogP contribution in [0.2, 0.25) is 10.0 Å². The Kier molecular flexibility index (Phi) is 4.30. The van der Waals surface area contributed by atoms with E-state index in [1.54, 1.807) is 0 Å². The van der Waals surface area contributed by atoms with Gasteiger partial charge in [-0.15, -0.1) is 0 Å². The third kappa shape index (κ3) is 3.42. The smallest absolute Gasteiger partial charge is 0.263 e. The maximum atomic E-state index is 11.9. The second-order valence-electron chi connectivity index (χ2n) is 3.99. The quantitative estimate of drug-likeness (QED) is 0.530. The van der Waals surface area contributed by atoms with E-state index in [0.717, 1.165) is 12.3 Å². The number of nitro benzene ring substituents is 1. The number of nitrogens with zero attached hydrogens (tertiary/aromatic N) is 2. The molecule has 1 N–H and O–H groups in total. The maximum absolute atomic E-state index is 11.9. The fraction of sp³-hybridized carbons (Fsp3) is 0. The largest absolute Gasteiger partial charge is 0.867 e. The normalized spacial score (nSPS) is 11.0. The van der Waals surface area contributed by atoms with Crippen LogP contribution in [0.4, 0.5) is 11.4 Å². The van der Waals surface area contributed by atoms with Gasteiger partial charge in [-0.05, 0) is 35.6 Å². The number of phenolic OH excluding ortho intramolecular Hbond substituents is 1. The summed E-state index contributed by atoms with van der Waals surface area (Å²) in [6.07, 6.45) is 1.09. The number of aromatic hydroxyl groups is 1. The minimum atomic E-state index is -0.817. The lowest BCUT2D eigenvalue weighted by atomic mass is 10.2. The van der Waals surface area contributed by atoms with E-state index in [1.807, 2.05) is 0 Å². The zero-order valence-electron chi connectivity index (χ0n) is 10.3. The van der Waals surface area contributed by atoms with Gasteiger partial charge in [0.05, 0.1) is 4.92 Å². The van der Waals surface area contributed by atoms with Crippen molar-refractivity contribution in [2.75, 3.05) is 0 Å². The van der Waals surface area contributed by atoms with Gasteiger partial charge in [-0.25, -0.2) is 0 Å². The van der Waals surface area contributed by atoms with Crippen molar-refractivity contribution in [1.29, 1.82) is 0 Å². The zero-order chi connectivity index (χ0) is 15.6. The Morgan fingerprint density at radius 2 is 1.90 bits per heavy atom. The number of hydrogen-bond donors (Lipinski definition) is 1. The average Bonchev–Trinajstić information content (AvgIpc) is 2.42. The predicted molar refractivity (Wildman–Crippen MR) is 77.9 cm³/mol. The number of halogens is 2. The summed E-state index contributed by atoms with van der Waals surface area (Å²) < 4.78 is 0. The molecule has 0 bridgehead atoms. The summed E-state index contributed by atoms with van der Waals surface area (Å²) in [5.74, 6) is -0.950. The highest BCUT2D eigenvalue weighted by atomic mass is 35.5. The second kappa shape index (κ2) is 5.99. The molecule has 6 nitrogen and oxygen atoms in total. The molecule has 2 rings (SSSR count). The SMILES string of the molecule is O=[N+]([O-])c1cc(Cl)cc(C=Nc2cc(Cl)ccc2O)c1[O-]. The minimum Gasteiger partial charge on any atom is -0.867 e. The Balaban J connectivity index is 2.46. The van der Waals surface area contributed by atoms with Gasteiger partial charge in [0.1, 0.15) is 11.4 Å². The van der Waals surface area contributed by atoms with Gasteiger partial charge in [-0.3, -0.25) is 15.1 Å². The first kappa shape index (κ1) is 15.1. The molecule has 0 unspecified atom stereocenters. The third-order valence-corrected chi connectivity index (χ3v) is 2.99. The van der Waals surface area contributed by atoms with E-state index >= 15 is 0 Å². The summed E-state index contributed by atoms with van der Waals surface area (Å²) in [7, 11) is 0. The first-order valence-electron chi connectivity index (χ1n) is 5.56. The molecule has 0 aliphatic carbocycles. The van der Waals surface area contributed by atoms with Gasteiger partial charge in [0.15, 0.2) is 0 Å². The molecular formula is C13H7Cl2N2O4-. The van der Waals surface area contributed by atoms with Crippen LogP contribution in [0.15, 0.2) is 35.3 Å². The topological polar surface area (TPSA) is 98.8 Å². The highest BCUT2D eigenvalue weighted by molar-refractivity contribution is 6.31. The average molecular weight is 326 g/mol. The van der Waals surface area contributed by atoms with E-state index in [2.05, 4.69) is 4.99 Å². The lowest BCUT2D eigenvalue weighted by Gasteiger charge is -2.10. The second-order valence-corrected chi connectivity index (χ2v) is 4.86. The summed E-state index contributed by atoms with van der Waals surface area (Å²) in [5.41, 5.74) is -0.572. The molecule has 8 heteroatoms. The van der Waals surface area contributed by atoms with Gasteiger partial charge in [-0.1, -0.05) is 23.2 Å². The summed E-state index contributed by atoms with van der Waals surface area (Å²) in [4.78, 5) is 13.8. The molecule has 21 heavy (non-hydrogen) atoms. The lowest BCUT2D eigenvalue weighted by molar-refractivity contribution is -0.398. The lowest BCUT2D eigenvalue weighted by Crippen LogP contribution is -2.02. The van der Waals surface area contributed by atoms with Gasteiger partial charge in [0, 0.05) is 22.3 Å². The van der Waals surface area contributed by atoms with E-state index in [9.17, 15) is 20.3 Å². The van der Waals surface area contributed by atoms with E-state index in [4.69, 9.17) is 23.2 Å². The Morgan fingerprint density at radius 3 is 2.57 bits per heavy atom. The van der Waals surface area contributed by atoms with Gasteiger partial charge >= 0.3 is 0 Å². The standard InChI is InChI=1S/C13H8Cl2N2O4/c14-8-1-2-12(18)10(4-8)16-6-7-3-9(15)5-11(13(7)19)17(20)21/h1-6,18-19H/p-1. The Labute approximate surface area is 129 Å². The van der Waals surface area contributed by atoms with Gasteiger partial charge in [0.25, 0.3) is 5.69 Å². The van der Waals surface area contributed by atoms with Gasteiger partial charge in [0.2, 0.25) is 0 Å². The van der Waals surface area contributed by atoms with Crippen LogP contribution in [-0.4, -0.2) is 16.2 Å². The number of nitro groups is 1. The molecule has 0 aliphatic heterocycles. The van der Waals surface area contributed by atoms with E-state index in [0.29, 0.717) is 5.02 Å². The molecule has 0 amide bonds. The molecule has 0 aromatic heterocycles. The number of benzene rings is 2. The highest BCUT2D eigenvalue weighted by Gasteiger charge is 2.11. The van der Waals surface area contributed by atoms with E-state index in [1.165, 1.54) is 24.3 Å². The van der Waals surface area contributed by atoms with Crippen LogP contribution in [0.3, 0.4) is 0 Å². The van der Waals surface area contributed by atoms with Crippen LogP contribution in [0.5, 0.6) is 11.5 Å². The summed E-state index contributed by atoms with van der Waals surface area (Å²) >= 11 is 11.5. The van der Waals surface area contributed by atoms with Crippen molar-refractivity contribution in [3.05, 3.63) is 56.1 Å². The fourth-order valence-electron chi connectivity index (χ4n) is 1.57. The van der Waals surface area contributed by atoms with Crippen molar-refractivity contribution < 1.29 is 15.1 Å². The van der Waals surface area contributed by atoms with Crippen molar-refractivity contribution >= 4 is 40.8 Å². The Bertz CT molecular complexity index is 747. The molecule has 108 valence electrons. The molecule has 0 saturated carbocycles. The van der Waals surface area contributed by atoms with Crippen LogP contribution in [0.1, 0.15) is 5.56 Å². The van der Waals surface area contributed by atoms with Gasteiger partial charge in [-0.2, -0.15) is 0 Å². The summed E-state index contributed by atoms with van der Waals surface area (Å²) in [5, 5.41) is 32.6. The van der Waals surface area contributed by atoms with Crippen LogP contribution < -0.4 is 5.11 Å². The van der Waals surface area contributed by atoms with E-state index < -0.39 is 16.4 Å². The highest BCUT2D eigenvalue weighted by Crippen LogP contribution is 2.32. The molecule has 0 fully saturated rings. The molecule has 0 radical (unpaired) electrons. The molecule has 0 atom stereocenters. The van der Waals surface area contributed by atoms with E-state index in [-0.39, 0.29) is 22.0 Å². The number of rotatable bonds is 3. The monoisotopic (exact) mass is 325 g/mol. The molecule has 2 aromatic carbocycles. The maximum Gasteiger partial charge on any atom is 0.263 e. The van der Waals surface area contributed by atoms with Crippen molar-refractivity contribution in [1.82, 2.24) is 0 Å². The predicted octanol–water partition coefficient (Wildman–Crippen LogP) is 3.43. The fourth-order valence-corrected chi connectivity index (χ4v) is 1.96. The molecule has 0 heterocycles. The Hall–Kier alpha value is -2.31. The summed E-state index contributed by atoms with van der Waals surface area (Å²) in [6.45, 7) is 0. The Morgan fingerprint density at radius 1 is 1.19 bits per heavy atom. The van der Waals surface area contributed by atoms with Crippen LogP contribution in [-0.2, 0) is 0 Å². The first-order valence-corrected chi connectivity index (χ1v) is 6.31. The van der Waals surface area contributed by atoms with Crippen LogP contribution in [0.25, 0.3) is 0 Å². The zero-order valence-corrected chi connectivity index (χ0v) is 11.8. The van der Waals surface area contributed by atoms with Gasteiger partial charge < -0.3 is 10.2 Å². The number of phenols is 1.